The molecule has 0 spiro atoms. The second-order valence-electron chi connectivity index (χ2n) is 7.31. The maximum absolute atomic E-state index is 14.1. The average molecular weight is 407 g/mol. The third kappa shape index (κ3) is 4.25. The summed E-state index contributed by atoms with van der Waals surface area (Å²) >= 11 is 0. The quantitative estimate of drug-likeness (QED) is 0.662. The lowest BCUT2D eigenvalue weighted by molar-refractivity contribution is -0.123. The highest BCUT2D eigenvalue weighted by atomic mass is 19.1. The van der Waals surface area contributed by atoms with Crippen LogP contribution in [0.5, 0.6) is 0 Å². The minimum Gasteiger partial charge on any atom is -0.459 e. The first kappa shape index (κ1) is 19.8. The monoisotopic (exact) mass is 407 g/mol. The number of hydrogen-bond donors (Lipinski definition) is 1. The number of amides is 2. The number of anilines is 1. The van der Waals surface area contributed by atoms with Crippen molar-refractivity contribution < 1.29 is 18.4 Å². The molecule has 1 aliphatic carbocycles. The zero-order valence-corrected chi connectivity index (χ0v) is 16.3. The second-order valence-corrected chi connectivity index (χ2v) is 7.31. The van der Waals surface area contributed by atoms with E-state index >= 15 is 0 Å². The molecule has 30 heavy (non-hydrogen) atoms. The first-order valence-electron chi connectivity index (χ1n) is 9.96. The lowest BCUT2D eigenvalue weighted by atomic mass is 10.0. The molecule has 6 nitrogen and oxygen atoms in total. The van der Waals surface area contributed by atoms with E-state index in [0.717, 1.165) is 25.7 Å². The largest absolute Gasteiger partial charge is 0.459 e. The van der Waals surface area contributed by atoms with Gasteiger partial charge in [-0.2, -0.15) is 0 Å². The van der Waals surface area contributed by atoms with Gasteiger partial charge >= 0.3 is 0 Å². The van der Waals surface area contributed by atoms with Gasteiger partial charge in [-0.05, 0) is 49.2 Å². The van der Waals surface area contributed by atoms with Gasteiger partial charge in [-0.3, -0.25) is 19.5 Å². The van der Waals surface area contributed by atoms with E-state index < -0.39 is 17.8 Å². The molecule has 1 atom stereocenters. The number of carbonyl (C=O) groups is 2. The molecule has 1 fully saturated rings. The number of aromatic nitrogens is 1. The molecular weight excluding hydrogens is 385 g/mol. The molecule has 0 radical (unpaired) electrons. The van der Waals surface area contributed by atoms with Gasteiger partial charge in [0.05, 0.1) is 6.26 Å². The van der Waals surface area contributed by atoms with Crippen molar-refractivity contribution in [2.75, 3.05) is 4.90 Å². The fourth-order valence-corrected chi connectivity index (χ4v) is 3.83. The summed E-state index contributed by atoms with van der Waals surface area (Å²) in [5.41, 5.74) is 0.781. The molecule has 3 aromatic rings. The van der Waals surface area contributed by atoms with Crippen LogP contribution in [0.25, 0.3) is 0 Å². The van der Waals surface area contributed by atoms with E-state index in [9.17, 15) is 14.0 Å². The Morgan fingerprint density at radius 2 is 1.97 bits per heavy atom. The van der Waals surface area contributed by atoms with Crippen molar-refractivity contribution in [3.05, 3.63) is 84.3 Å². The van der Waals surface area contributed by atoms with Gasteiger partial charge in [0, 0.05) is 29.7 Å². The number of carbonyl (C=O) groups excluding carboxylic acids is 2. The molecule has 2 heterocycles. The Labute approximate surface area is 173 Å². The van der Waals surface area contributed by atoms with Crippen LogP contribution in [0, 0.1) is 5.82 Å². The van der Waals surface area contributed by atoms with Crippen molar-refractivity contribution in [2.45, 2.75) is 37.8 Å². The minimum atomic E-state index is -1.03. The van der Waals surface area contributed by atoms with Crippen molar-refractivity contribution in [2.24, 2.45) is 0 Å². The zero-order chi connectivity index (χ0) is 20.9. The van der Waals surface area contributed by atoms with Crippen LogP contribution in [0.3, 0.4) is 0 Å². The van der Waals surface area contributed by atoms with Crippen LogP contribution in [-0.4, -0.2) is 22.8 Å². The van der Waals surface area contributed by atoms with Crippen molar-refractivity contribution in [3.63, 3.8) is 0 Å². The molecule has 1 saturated carbocycles. The SMILES string of the molecule is O=C(NC1CCCC1)[C@H](c1cccnc1)N(C(=O)c1ccco1)c1cccc(F)c1. The molecule has 1 N–H and O–H groups in total. The maximum Gasteiger partial charge on any atom is 0.294 e. The number of benzene rings is 1. The van der Waals surface area contributed by atoms with Gasteiger partial charge in [-0.15, -0.1) is 0 Å². The smallest absolute Gasteiger partial charge is 0.294 e. The number of rotatable bonds is 6. The standard InChI is InChI=1S/C23H22FN3O3/c24-17-7-3-10-19(14-17)27(23(29)20-11-5-13-30-20)21(16-6-4-12-25-15-16)22(28)26-18-8-1-2-9-18/h3-7,10-15,18,21H,1-2,8-9H2,(H,26,28)/t21-/m0/s1. The Kier molecular flexibility index (Phi) is 5.88. The first-order chi connectivity index (χ1) is 14.6. The highest BCUT2D eigenvalue weighted by Crippen LogP contribution is 2.31. The summed E-state index contributed by atoms with van der Waals surface area (Å²) < 4.78 is 19.3. The molecule has 0 saturated heterocycles. The topological polar surface area (TPSA) is 75.4 Å². The van der Waals surface area contributed by atoms with Gasteiger partial charge in [-0.1, -0.05) is 25.0 Å². The van der Waals surface area contributed by atoms with Crippen LogP contribution in [0.15, 0.2) is 71.6 Å². The summed E-state index contributed by atoms with van der Waals surface area (Å²) in [6.07, 6.45) is 8.43. The van der Waals surface area contributed by atoms with E-state index in [1.165, 1.54) is 35.4 Å². The molecule has 0 bridgehead atoms. The van der Waals surface area contributed by atoms with E-state index in [4.69, 9.17) is 4.42 Å². The average Bonchev–Trinajstić information content (AvgIpc) is 3.46. The summed E-state index contributed by atoms with van der Waals surface area (Å²) in [5, 5.41) is 3.06. The minimum absolute atomic E-state index is 0.0572. The number of halogens is 1. The van der Waals surface area contributed by atoms with Crippen LogP contribution in [-0.2, 0) is 4.79 Å². The van der Waals surface area contributed by atoms with E-state index in [1.54, 1.807) is 36.7 Å². The van der Waals surface area contributed by atoms with Crippen molar-refractivity contribution in [1.82, 2.24) is 10.3 Å². The molecule has 2 aromatic heterocycles. The maximum atomic E-state index is 14.1. The zero-order valence-electron chi connectivity index (χ0n) is 16.3. The third-order valence-corrected chi connectivity index (χ3v) is 5.25. The number of nitrogens with zero attached hydrogens (tertiary/aromatic N) is 2. The Balaban J connectivity index is 1.79. The Morgan fingerprint density at radius 3 is 2.63 bits per heavy atom. The summed E-state index contributed by atoms with van der Waals surface area (Å²) in [6, 6.07) is 11.2. The van der Waals surface area contributed by atoms with Crippen LogP contribution >= 0.6 is 0 Å². The normalized spacial score (nSPS) is 15.0. The van der Waals surface area contributed by atoms with E-state index in [-0.39, 0.29) is 23.4 Å². The van der Waals surface area contributed by atoms with E-state index in [0.29, 0.717) is 5.56 Å². The predicted molar refractivity (Wildman–Crippen MR) is 109 cm³/mol. The number of nitrogens with one attached hydrogen (secondary N) is 1. The van der Waals surface area contributed by atoms with Crippen molar-refractivity contribution >= 4 is 17.5 Å². The number of furan rings is 1. The third-order valence-electron chi connectivity index (χ3n) is 5.25. The van der Waals surface area contributed by atoms with Crippen molar-refractivity contribution in [1.29, 1.82) is 0 Å². The van der Waals surface area contributed by atoms with Gasteiger partial charge in [0.2, 0.25) is 5.91 Å². The second kappa shape index (κ2) is 8.90. The lowest BCUT2D eigenvalue weighted by Crippen LogP contribution is -2.46. The van der Waals surface area contributed by atoms with Gasteiger partial charge in [0.25, 0.3) is 5.91 Å². The molecular formula is C23H22FN3O3. The van der Waals surface area contributed by atoms with Crippen LogP contribution in [0.2, 0.25) is 0 Å². The van der Waals surface area contributed by atoms with Crippen LogP contribution in [0.1, 0.15) is 47.8 Å². The Morgan fingerprint density at radius 1 is 1.13 bits per heavy atom. The fraction of sp³-hybridized carbons (Fsp3) is 0.261. The summed E-state index contributed by atoms with van der Waals surface area (Å²) in [5.74, 6) is -1.33. The molecule has 1 aromatic carbocycles. The van der Waals surface area contributed by atoms with Gasteiger partial charge in [-0.25, -0.2) is 4.39 Å². The molecule has 0 unspecified atom stereocenters. The van der Waals surface area contributed by atoms with Crippen molar-refractivity contribution in [3.8, 4) is 0 Å². The molecule has 1 aliphatic rings. The molecule has 7 heteroatoms. The van der Waals surface area contributed by atoms with E-state index in [1.807, 2.05) is 0 Å². The van der Waals surface area contributed by atoms with Crippen LogP contribution < -0.4 is 10.2 Å². The Hall–Kier alpha value is -3.48. The molecule has 4 rings (SSSR count). The molecule has 0 aliphatic heterocycles. The Bertz CT molecular complexity index is 1000. The predicted octanol–water partition coefficient (Wildman–Crippen LogP) is 4.26. The highest BCUT2D eigenvalue weighted by Gasteiger charge is 2.36. The molecule has 2 amide bonds. The highest BCUT2D eigenvalue weighted by molar-refractivity contribution is 6.08. The van der Waals surface area contributed by atoms with E-state index in [2.05, 4.69) is 10.3 Å². The fourth-order valence-electron chi connectivity index (χ4n) is 3.83. The van der Waals surface area contributed by atoms with Gasteiger partial charge < -0.3 is 9.73 Å². The van der Waals surface area contributed by atoms with Crippen LogP contribution in [0.4, 0.5) is 10.1 Å². The lowest BCUT2D eigenvalue weighted by Gasteiger charge is -2.31. The summed E-state index contributed by atoms with van der Waals surface area (Å²) in [4.78, 5) is 32.2. The number of hydrogen-bond acceptors (Lipinski definition) is 4. The number of pyridine rings is 1. The molecule has 154 valence electrons. The summed E-state index contributed by atoms with van der Waals surface area (Å²) in [6.45, 7) is 0. The first-order valence-corrected chi connectivity index (χ1v) is 9.96. The van der Waals surface area contributed by atoms with Gasteiger partial charge in [0.1, 0.15) is 11.9 Å². The summed E-state index contributed by atoms with van der Waals surface area (Å²) in [7, 11) is 0. The van der Waals surface area contributed by atoms with Gasteiger partial charge in [0.15, 0.2) is 5.76 Å².